The van der Waals surface area contributed by atoms with Gasteiger partial charge in [-0.15, -0.1) is 0 Å². The second-order valence-electron chi connectivity index (χ2n) is 7.12. The Morgan fingerprint density at radius 2 is 2.20 bits per heavy atom. The number of nitrogens with one attached hydrogen (secondary N) is 2. The van der Waals surface area contributed by atoms with Crippen LogP contribution in [0, 0.1) is 0 Å². The Morgan fingerprint density at radius 3 is 3.04 bits per heavy atom. The number of nitrogens with zero attached hydrogens (tertiary/aromatic N) is 2. The van der Waals surface area contributed by atoms with Crippen LogP contribution in [0.4, 0.5) is 0 Å². The monoisotopic (exact) mass is 398 g/mol. The highest BCUT2D eigenvalue weighted by molar-refractivity contribution is 9.10. The van der Waals surface area contributed by atoms with Crippen LogP contribution in [-0.2, 0) is 19.5 Å². The van der Waals surface area contributed by atoms with Gasteiger partial charge in [0.25, 0.3) is 5.56 Å². The van der Waals surface area contributed by atoms with Gasteiger partial charge in [-0.1, -0.05) is 15.9 Å². The van der Waals surface area contributed by atoms with Crippen LogP contribution < -0.4 is 5.56 Å². The molecule has 2 aliphatic rings. The molecule has 0 radical (unpaired) electrons. The molecular weight excluding hydrogens is 380 g/mol. The second kappa shape index (κ2) is 5.81. The van der Waals surface area contributed by atoms with Crippen LogP contribution in [0.1, 0.15) is 41.4 Å². The molecule has 0 spiro atoms. The molecule has 1 aromatic carbocycles. The number of H-pyrrole nitrogens is 2. The predicted molar refractivity (Wildman–Crippen MR) is 101 cm³/mol. The Balaban J connectivity index is 1.41. The van der Waals surface area contributed by atoms with Gasteiger partial charge in [-0.05, 0) is 36.6 Å². The molecule has 25 heavy (non-hydrogen) atoms. The average Bonchev–Trinajstić information content (AvgIpc) is 3.39. The number of benzene rings is 1. The minimum absolute atomic E-state index is 0.0540. The zero-order valence-electron chi connectivity index (χ0n) is 13.8. The lowest BCUT2D eigenvalue weighted by molar-refractivity contribution is 0.242. The lowest BCUT2D eigenvalue weighted by Gasteiger charge is -2.27. The van der Waals surface area contributed by atoms with Crippen molar-refractivity contribution in [1.82, 2.24) is 19.9 Å². The number of aromatic amines is 2. The van der Waals surface area contributed by atoms with Crippen molar-refractivity contribution in [3.63, 3.8) is 0 Å². The summed E-state index contributed by atoms with van der Waals surface area (Å²) in [5, 5.41) is 1.23. The minimum atomic E-state index is 0.0540. The van der Waals surface area contributed by atoms with Gasteiger partial charge in [-0.25, -0.2) is 4.98 Å². The summed E-state index contributed by atoms with van der Waals surface area (Å²) in [5.41, 5.74) is 4.31. The van der Waals surface area contributed by atoms with Gasteiger partial charge in [0.15, 0.2) is 0 Å². The van der Waals surface area contributed by atoms with E-state index in [1.165, 1.54) is 10.9 Å². The quantitative estimate of drug-likeness (QED) is 0.709. The lowest BCUT2D eigenvalue weighted by Crippen LogP contribution is -2.35. The number of aromatic nitrogens is 3. The third-order valence-corrected chi connectivity index (χ3v) is 5.75. The van der Waals surface area contributed by atoms with Crippen LogP contribution in [0.3, 0.4) is 0 Å². The fraction of sp³-hybridized carbons (Fsp3) is 0.368. The van der Waals surface area contributed by atoms with Crippen molar-refractivity contribution in [2.75, 3.05) is 6.54 Å². The molecule has 0 bridgehead atoms. The van der Waals surface area contributed by atoms with E-state index >= 15 is 0 Å². The van der Waals surface area contributed by atoms with Crippen LogP contribution in [0.25, 0.3) is 10.9 Å². The van der Waals surface area contributed by atoms with Crippen molar-refractivity contribution in [1.29, 1.82) is 0 Å². The Hall–Kier alpha value is -1.92. The van der Waals surface area contributed by atoms with Crippen LogP contribution in [0.15, 0.2) is 33.7 Å². The summed E-state index contributed by atoms with van der Waals surface area (Å²) in [6.45, 7) is 2.44. The molecule has 0 saturated heterocycles. The number of fused-ring (bicyclic) bond motifs is 2. The van der Waals surface area contributed by atoms with Gasteiger partial charge >= 0.3 is 0 Å². The van der Waals surface area contributed by atoms with Crippen LogP contribution in [0.2, 0.25) is 0 Å². The molecule has 5 nitrogen and oxygen atoms in total. The van der Waals surface area contributed by atoms with Crippen molar-refractivity contribution in [3.05, 3.63) is 61.9 Å². The summed E-state index contributed by atoms with van der Waals surface area (Å²) in [5.74, 6) is 1.39. The second-order valence-corrected chi connectivity index (χ2v) is 8.03. The van der Waals surface area contributed by atoms with Gasteiger partial charge < -0.3 is 9.97 Å². The van der Waals surface area contributed by atoms with E-state index in [1.807, 2.05) is 6.07 Å². The average molecular weight is 399 g/mol. The lowest BCUT2D eigenvalue weighted by atomic mass is 10.1. The first-order valence-electron chi connectivity index (χ1n) is 8.77. The summed E-state index contributed by atoms with van der Waals surface area (Å²) in [4.78, 5) is 25.9. The molecule has 1 fully saturated rings. The smallest absolute Gasteiger partial charge is 0.255 e. The maximum Gasteiger partial charge on any atom is 0.255 e. The molecule has 0 atom stereocenters. The SMILES string of the molecule is O=c1[nH]c(C2CC2)nc2c1CN(Cc1c[nH]c3ccc(Br)cc13)CC2. The van der Waals surface area contributed by atoms with E-state index < -0.39 is 0 Å². The first-order chi connectivity index (χ1) is 12.2. The van der Waals surface area contributed by atoms with Gasteiger partial charge in [-0.2, -0.15) is 0 Å². The van der Waals surface area contributed by atoms with E-state index in [-0.39, 0.29) is 5.56 Å². The van der Waals surface area contributed by atoms with E-state index in [0.29, 0.717) is 12.5 Å². The Labute approximate surface area is 153 Å². The molecule has 3 aromatic rings. The first kappa shape index (κ1) is 15.3. The van der Waals surface area contributed by atoms with E-state index in [9.17, 15) is 4.79 Å². The molecule has 1 aliphatic heterocycles. The molecule has 6 heteroatoms. The van der Waals surface area contributed by atoms with Crippen molar-refractivity contribution >= 4 is 26.8 Å². The fourth-order valence-electron chi connectivity index (χ4n) is 3.71. The van der Waals surface area contributed by atoms with Crippen molar-refractivity contribution in [2.45, 2.75) is 38.3 Å². The van der Waals surface area contributed by atoms with E-state index in [0.717, 1.165) is 59.4 Å². The Morgan fingerprint density at radius 1 is 1.32 bits per heavy atom. The summed E-state index contributed by atoms with van der Waals surface area (Å²) >= 11 is 3.55. The molecule has 0 unspecified atom stereocenters. The van der Waals surface area contributed by atoms with Crippen molar-refractivity contribution in [3.8, 4) is 0 Å². The zero-order chi connectivity index (χ0) is 17.0. The van der Waals surface area contributed by atoms with Crippen LogP contribution in [0.5, 0.6) is 0 Å². The first-order valence-corrected chi connectivity index (χ1v) is 9.56. The summed E-state index contributed by atoms with van der Waals surface area (Å²) in [6, 6.07) is 6.28. The third kappa shape index (κ3) is 2.83. The number of halogens is 1. The maximum atomic E-state index is 12.5. The van der Waals surface area contributed by atoms with Crippen molar-refractivity contribution in [2.24, 2.45) is 0 Å². The Bertz CT molecular complexity index is 1020. The Kier molecular flexibility index (Phi) is 3.57. The molecule has 5 rings (SSSR count). The summed E-state index contributed by atoms with van der Waals surface area (Å²) in [7, 11) is 0. The van der Waals surface area contributed by atoms with Gasteiger partial charge in [0.1, 0.15) is 5.82 Å². The molecule has 2 N–H and O–H groups in total. The summed E-state index contributed by atoms with van der Waals surface area (Å²) in [6.07, 6.45) is 5.24. The largest absolute Gasteiger partial charge is 0.361 e. The van der Waals surface area contributed by atoms with Crippen LogP contribution in [-0.4, -0.2) is 26.4 Å². The van der Waals surface area contributed by atoms with Crippen molar-refractivity contribution < 1.29 is 0 Å². The minimum Gasteiger partial charge on any atom is -0.361 e. The predicted octanol–water partition coefficient (Wildman–Crippen LogP) is 3.45. The zero-order valence-corrected chi connectivity index (χ0v) is 15.4. The molecule has 128 valence electrons. The molecular formula is C19H19BrN4O. The van der Waals surface area contributed by atoms with E-state index in [4.69, 9.17) is 4.98 Å². The number of rotatable bonds is 3. The summed E-state index contributed by atoms with van der Waals surface area (Å²) < 4.78 is 1.08. The van der Waals surface area contributed by atoms with E-state index in [1.54, 1.807) is 0 Å². The molecule has 3 heterocycles. The normalized spacial score (nSPS) is 17.8. The maximum absolute atomic E-state index is 12.5. The molecule has 1 saturated carbocycles. The van der Waals surface area contributed by atoms with Gasteiger partial charge in [0, 0.05) is 53.5 Å². The van der Waals surface area contributed by atoms with Crippen LogP contribution >= 0.6 is 15.9 Å². The highest BCUT2D eigenvalue weighted by Gasteiger charge is 2.29. The molecule has 2 aromatic heterocycles. The number of hydrogen-bond acceptors (Lipinski definition) is 3. The third-order valence-electron chi connectivity index (χ3n) is 5.25. The molecule has 1 aliphatic carbocycles. The molecule has 0 amide bonds. The van der Waals surface area contributed by atoms with Gasteiger partial charge in [0.05, 0.1) is 11.3 Å². The topological polar surface area (TPSA) is 64.8 Å². The van der Waals surface area contributed by atoms with Gasteiger partial charge in [-0.3, -0.25) is 9.69 Å². The number of hydrogen-bond donors (Lipinski definition) is 2. The highest BCUT2D eigenvalue weighted by atomic mass is 79.9. The fourth-order valence-corrected chi connectivity index (χ4v) is 4.07. The van der Waals surface area contributed by atoms with E-state index in [2.05, 4.69) is 49.1 Å². The standard InChI is InChI=1S/C19H19BrN4O/c20-13-3-4-16-14(7-13)12(8-21-16)9-24-6-5-17-15(10-24)19(25)23-18(22-17)11-1-2-11/h3-4,7-8,11,21H,1-2,5-6,9-10H2,(H,22,23,25). The van der Waals surface area contributed by atoms with Gasteiger partial charge in [0.2, 0.25) is 0 Å². The highest BCUT2D eigenvalue weighted by Crippen LogP contribution is 2.37.